The number of amides is 2. The predicted molar refractivity (Wildman–Crippen MR) is 101 cm³/mol. The van der Waals surface area contributed by atoms with E-state index in [0.717, 1.165) is 13.0 Å². The second kappa shape index (κ2) is 8.89. The van der Waals surface area contributed by atoms with Crippen LogP contribution in [-0.2, 0) is 15.8 Å². The summed E-state index contributed by atoms with van der Waals surface area (Å²) in [5, 5.41) is 4.75. The van der Waals surface area contributed by atoms with Crippen molar-refractivity contribution in [3.63, 3.8) is 0 Å². The lowest BCUT2D eigenvalue weighted by Crippen LogP contribution is -2.22. The lowest BCUT2D eigenvalue weighted by atomic mass is 10.1. The molecule has 0 aliphatic carbocycles. The normalized spacial score (nSPS) is 11.1. The Morgan fingerprint density at radius 1 is 1.00 bits per heavy atom. The fourth-order valence-electron chi connectivity index (χ4n) is 2.11. The highest BCUT2D eigenvalue weighted by atomic mass is 35.5. The minimum absolute atomic E-state index is 0.0447. The first kappa shape index (κ1) is 22.1. The maximum atomic E-state index is 13.3. The lowest BCUT2D eigenvalue weighted by molar-refractivity contribution is -0.137. The summed E-state index contributed by atoms with van der Waals surface area (Å²) in [6, 6.07) is 5.55. The molecule has 0 heterocycles. The van der Waals surface area contributed by atoms with Gasteiger partial charge in [-0.3, -0.25) is 9.59 Å². The molecule has 0 aliphatic rings. The summed E-state index contributed by atoms with van der Waals surface area (Å²) in [5.41, 5.74) is -1.67. The Kier molecular flexibility index (Phi) is 7.03. The summed E-state index contributed by atoms with van der Waals surface area (Å²) >= 11 is 17.5. The van der Waals surface area contributed by atoms with E-state index in [4.69, 9.17) is 39.5 Å². The first-order valence-corrected chi connectivity index (χ1v) is 8.67. The molecule has 0 bridgehead atoms. The molecule has 2 amide bonds. The van der Waals surface area contributed by atoms with Gasteiger partial charge in [0.05, 0.1) is 26.3 Å². The predicted octanol–water partition coefficient (Wildman–Crippen LogP) is 5.64. The van der Waals surface area contributed by atoms with Crippen LogP contribution in [-0.4, -0.2) is 18.4 Å². The average molecular weight is 456 g/mol. The van der Waals surface area contributed by atoms with E-state index < -0.39 is 35.8 Å². The van der Waals surface area contributed by atoms with Crippen LogP contribution >= 0.6 is 34.8 Å². The number of halogens is 6. The van der Waals surface area contributed by atoms with Crippen LogP contribution in [0, 0.1) is 0 Å². The Morgan fingerprint density at radius 2 is 1.64 bits per heavy atom. The fraction of sp³-hybridized carbons (Fsp3) is 0.176. The van der Waals surface area contributed by atoms with Crippen LogP contribution in [0.5, 0.6) is 5.75 Å². The lowest BCUT2D eigenvalue weighted by Gasteiger charge is -2.16. The quantitative estimate of drug-likeness (QED) is 0.573. The monoisotopic (exact) mass is 454 g/mol. The van der Waals surface area contributed by atoms with Crippen molar-refractivity contribution in [1.29, 1.82) is 0 Å². The molecule has 2 rings (SSSR count). The molecule has 28 heavy (non-hydrogen) atoms. The molecule has 0 saturated heterocycles. The van der Waals surface area contributed by atoms with Crippen LogP contribution in [0.3, 0.4) is 0 Å². The highest BCUT2D eigenvalue weighted by Gasteiger charge is 2.34. The van der Waals surface area contributed by atoms with Crippen molar-refractivity contribution in [2.45, 2.75) is 13.1 Å². The Bertz CT molecular complexity index is 920. The number of carbonyl (C=O) groups excluding carboxylic acids is 2. The van der Waals surface area contributed by atoms with E-state index in [1.54, 1.807) is 0 Å². The van der Waals surface area contributed by atoms with Crippen molar-refractivity contribution >= 4 is 58.0 Å². The second-order valence-electron chi connectivity index (χ2n) is 5.47. The van der Waals surface area contributed by atoms with Crippen molar-refractivity contribution in [1.82, 2.24) is 0 Å². The number of alkyl halides is 3. The molecule has 11 heteroatoms. The smallest absolute Gasteiger partial charge is 0.418 e. The topological polar surface area (TPSA) is 67.4 Å². The van der Waals surface area contributed by atoms with Gasteiger partial charge < -0.3 is 15.4 Å². The van der Waals surface area contributed by atoms with Crippen molar-refractivity contribution in [2.75, 3.05) is 17.2 Å². The summed E-state index contributed by atoms with van der Waals surface area (Å²) in [6.45, 7) is 0.539. The maximum absolute atomic E-state index is 13.3. The number of hydrogen-bond acceptors (Lipinski definition) is 3. The second-order valence-corrected chi connectivity index (χ2v) is 6.69. The molecule has 0 saturated carbocycles. The zero-order valence-corrected chi connectivity index (χ0v) is 16.4. The number of carbonyl (C=O) groups is 2. The van der Waals surface area contributed by atoms with Gasteiger partial charge in [-0.15, -0.1) is 0 Å². The molecular weight excluding hydrogens is 444 g/mol. The Hall–Kier alpha value is -2.16. The van der Waals surface area contributed by atoms with Gasteiger partial charge in [-0.25, -0.2) is 0 Å². The van der Waals surface area contributed by atoms with Crippen molar-refractivity contribution in [2.24, 2.45) is 0 Å². The SMILES string of the molecule is CC(=O)Nc1ccc(NC(=O)COc2cc(Cl)c(Cl)cc2Cl)c(C(F)(F)F)c1. The number of rotatable bonds is 5. The highest BCUT2D eigenvalue weighted by molar-refractivity contribution is 6.43. The largest absolute Gasteiger partial charge is 0.482 e. The summed E-state index contributed by atoms with van der Waals surface area (Å²) in [7, 11) is 0. The van der Waals surface area contributed by atoms with Crippen LogP contribution in [0.1, 0.15) is 12.5 Å². The number of nitrogens with one attached hydrogen (secondary N) is 2. The van der Waals surface area contributed by atoms with Crippen LogP contribution in [0.25, 0.3) is 0 Å². The molecule has 150 valence electrons. The van der Waals surface area contributed by atoms with Crippen molar-refractivity contribution in [3.05, 3.63) is 51.0 Å². The van der Waals surface area contributed by atoms with E-state index in [0.29, 0.717) is 6.07 Å². The van der Waals surface area contributed by atoms with Gasteiger partial charge in [0.1, 0.15) is 5.75 Å². The summed E-state index contributed by atoms with van der Waals surface area (Å²) in [4.78, 5) is 23.0. The summed E-state index contributed by atoms with van der Waals surface area (Å²) < 4.78 is 45.0. The zero-order valence-electron chi connectivity index (χ0n) is 14.1. The van der Waals surface area contributed by atoms with Gasteiger partial charge in [0, 0.05) is 18.7 Å². The third-order valence-electron chi connectivity index (χ3n) is 3.25. The Balaban J connectivity index is 2.15. The third-order valence-corrected chi connectivity index (χ3v) is 4.27. The molecule has 5 nitrogen and oxygen atoms in total. The average Bonchev–Trinajstić information content (AvgIpc) is 2.57. The molecule has 0 aromatic heterocycles. The molecule has 0 fully saturated rings. The molecule has 0 atom stereocenters. The first-order valence-electron chi connectivity index (χ1n) is 7.53. The number of hydrogen-bond donors (Lipinski definition) is 2. The van der Waals surface area contributed by atoms with E-state index in [-0.39, 0.29) is 26.5 Å². The van der Waals surface area contributed by atoms with Gasteiger partial charge in [-0.2, -0.15) is 13.2 Å². The Labute approximate surface area is 172 Å². The molecule has 0 unspecified atom stereocenters. The molecule has 0 radical (unpaired) electrons. The molecular formula is C17H12Cl3F3N2O3. The molecule has 0 aliphatic heterocycles. The molecule has 0 spiro atoms. The summed E-state index contributed by atoms with van der Waals surface area (Å²) in [6.07, 6.45) is -4.76. The van der Waals surface area contributed by atoms with Crippen LogP contribution in [0.4, 0.5) is 24.5 Å². The minimum atomic E-state index is -4.76. The molecule has 2 aromatic carbocycles. The third kappa shape index (κ3) is 5.92. The number of ether oxygens (including phenoxy) is 1. The molecule has 2 N–H and O–H groups in total. The van der Waals surface area contributed by atoms with Crippen molar-refractivity contribution < 1.29 is 27.5 Å². The summed E-state index contributed by atoms with van der Waals surface area (Å²) in [5.74, 6) is -1.35. The number of benzene rings is 2. The van der Waals surface area contributed by atoms with Gasteiger partial charge in [-0.1, -0.05) is 34.8 Å². The van der Waals surface area contributed by atoms with Crippen molar-refractivity contribution in [3.8, 4) is 5.75 Å². The van der Waals surface area contributed by atoms with E-state index in [1.807, 2.05) is 0 Å². The van der Waals surface area contributed by atoms with Crippen LogP contribution in [0.2, 0.25) is 15.1 Å². The molecule has 2 aromatic rings. The zero-order chi connectivity index (χ0) is 21.1. The van der Waals surface area contributed by atoms with Gasteiger partial charge >= 0.3 is 6.18 Å². The minimum Gasteiger partial charge on any atom is -0.482 e. The van der Waals surface area contributed by atoms with E-state index in [1.165, 1.54) is 18.2 Å². The van der Waals surface area contributed by atoms with Gasteiger partial charge in [0.2, 0.25) is 5.91 Å². The highest BCUT2D eigenvalue weighted by Crippen LogP contribution is 2.37. The van der Waals surface area contributed by atoms with E-state index in [9.17, 15) is 22.8 Å². The van der Waals surface area contributed by atoms with Gasteiger partial charge in [-0.05, 0) is 24.3 Å². The fourth-order valence-corrected chi connectivity index (χ4v) is 2.70. The maximum Gasteiger partial charge on any atom is 0.418 e. The van der Waals surface area contributed by atoms with Crippen LogP contribution < -0.4 is 15.4 Å². The standard InChI is InChI=1S/C17H12Cl3F3N2O3/c1-8(26)24-9-2-3-14(10(4-9)17(21,22)23)25-16(27)7-28-15-6-12(19)11(18)5-13(15)20/h2-6H,7H2,1H3,(H,24,26)(H,25,27). The van der Waals surface area contributed by atoms with Gasteiger partial charge in [0.25, 0.3) is 5.91 Å². The first-order chi connectivity index (χ1) is 13.0. The van der Waals surface area contributed by atoms with Gasteiger partial charge in [0.15, 0.2) is 6.61 Å². The van der Waals surface area contributed by atoms with E-state index in [2.05, 4.69) is 10.6 Å². The number of anilines is 2. The van der Waals surface area contributed by atoms with E-state index >= 15 is 0 Å². The van der Waals surface area contributed by atoms with Crippen LogP contribution in [0.15, 0.2) is 30.3 Å². The Morgan fingerprint density at radius 3 is 2.25 bits per heavy atom.